The summed E-state index contributed by atoms with van der Waals surface area (Å²) in [5.41, 5.74) is 5.06. The van der Waals surface area contributed by atoms with Crippen LogP contribution in [0.5, 0.6) is 0 Å². The molecule has 0 bridgehead atoms. The van der Waals surface area contributed by atoms with E-state index in [1.165, 1.54) is 11.3 Å². The molecule has 0 aliphatic carbocycles. The van der Waals surface area contributed by atoms with Crippen LogP contribution in [0.3, 0.4) is 0 Å². The predicted molar refractivity (Wildman–Crippen MR) is 117 cm³/mol. The van der Waals surface area contributed by atoms with Gasteiger partial charge in [-0.2, -0.15) is 0 Å². The van der Waals surface area contributed by atoms with Crippen molar-refractivity contribution in [3.8, 4) is 0 Å². The SMILES string of the molecule is Cc1ccc(CNC(=O)c2cc(N3CCN(c4ccccc4)CC3)ccn2)cc1. The molecule has 1 fully saturated rings. The quantitative estimate of drug-likeness (QED) is 0.727. The molecule has 0 radical (unpaired) electrons. The summed E-state index contributed by atoms with van der Waals surface area (Å²) in [6.07, 6.45) is 1.72. The highest BCUT2D eigenvalue weighted by Crippen LogP contribution is 2.20. The molecule has 29 heavy (non-hydrogen) atoms. The highest BCUT2D eigenvalue weighted by atomic mass is 16.1. The second-order valence-corrected chi connectivity index (χ2v) is 7.38. The van der Waals surface area contributed by atoms with Gasteiger partial charge in [-0.15, -0.1) is 0 Å². The van der Waals surface area contributed by atoms with E-state index >= 15 is 0 Å². The summed E-state index contributed by atoms with van der Waals surface area (Å²) in [6, 6.07) is 22.5. The fourth-order valence-electron chi connectivity index (χ4n) is 3.58. The van der Waals surface area contributed by atoms with Crippen molar-refractivity contribution in [2.75, 3.05) is 36.0 Å². The van der Waals surface area contributed by atoms with Gasteiger partial charge in [-0.05, 0) is 36.8 Å². The Bertz CT molecular complexity index is 948. The van der Waals surface area contributed by atoms with Gasteiger partial charge in [0.05, 0.1) is 0 Å². The molecular formula is C24H26N4O. The number of aromatic nitrogens is 1. The van der Waals surface area contributed by atoms with Crippen molar-refractivity contribution < 1.29 is 4.79 Å². The number of pyridine rings is 1. The maximum Gasteiger partial charge on any atom is 0.270 e. The molecule has 5 nitrogen and oxygen atoms in total. The van der Waals surface area contributed by atoms with Crippen LogP contribution in [-0.2, 0) is 6.54 Å². The van der Waals surface area contributed by atoms with Gasteiger partial charge in [0, 0.05) is 50.3 Å². The molecule has 1 aliphatic rings. The van der Waals surface area contributed by atoms with E-state index in [1.807, 2.05) is 30.3 Å². The maximum absolute atomic E-state index is 12.6. The predicted octanol–water partition coefficient (Wildman–Crippen LogP) is 3.65. The number of nitrogens with zero attached hydrogens (tertiary/aromatic N) is 3. The van der Waals surface area contributed by atoms with Gasteiger partial charge in [-0.25, -0.2) is 0 Å². The first kappa shape index (κ1) is 19.0. The maximum atomic E-state index is 12.6. The molecule has 0 atom stereocenters. The summed E-state index contributed by atoms with van der Waals surface area (Å²) in [5.74, 6) is -0.143. The Morgan fingerprint density at radius 2 is 1.55 bits per heavy atom. The molecule has 148 valence electrons. The number of piperazine rings is 1. The van der Waals surface area contributed by atoms with Crippen molar-refractivity contribution in [1.29, 1.82) is 0 Å². The van der Waals surface area contributed by atoms with Crippen LogP contribution in [0.15, 0.2) is 72.9 Å². The Morgan fingerprint density at radius 1 is 0.897 bits per heavy atom. The molecule has 4 rings (SSSR count). The van der Waals surface area contributed by atoms with Gasteiger partial charge in [0.25, 0.3) is 5.91 Å². The molecule has 0 unspecified atom stereocenters. The number of hydrogen-bond donors (Lipinski definition) is 1. The molecule has 0 spiro atoms. The summed E-state index contributed by atoms with van der Waals surface area (Å²) in [4.78, 5) is 21.5. The van der Waals surface area contributed by atoms with E-state index in [0.717, 1.165) is 37.4 Å². The number of rotatable bonds is 5. The lowest BCUT2D eigenvalue weighted by Crippen LogP contribution is -2.46. The highest BCUT2D eigenvalue weighted by Gasteiger charge is 2.18. The van der Waals surface area contributed by atoms with Crippen molar-refractivity contribution in [1.82, 2.24) is 10.3 Å². The van der Waals surface area contributed by atoms with Crippen LogP contribution < -0.4 is 15.1 Å². The normalized spacial score (nSPS) is 14.0. The number of hydrogen-bond acceptors (Lipinski definition) is 4. The van der Waals surface area contributed by atoms with Crippen LogP contribution in [0.4, 0.5) is 11.4 Å². The Labute approximate surface area is 172 Å². The van der Waals surface area contributed by atoms with Crippen LogP contribution in [0.1, 0.15) is 21.6 Å². The molecule has 5 heteroatoms. The number of anilines is 2. The fraction of sp³-hybridized carbons (Fsp3) is 0.250. The van der Waals surface area contributed by atoms with E-state index in [0.29, 0.717) is 12.2 Å². The summed E-state index contributed by atoms with van der Waals surface area (Å²) in [7, 11) is 0. The fourth-order valence-corrected chi connectivity index (χ4v) is 3.58. The molecule has 0 saturated carbocycles. The van der Waals surface area contributed by atoms with Crippen LogP contribution >= 0.6 is 0 Å². The van der Waals surface area contributed by atoms with E-state index in [-0.39, 0.29) is 5.91 Å². The lowest BCUT2D eigenvalue weighted by Gasteiger charge is -2.37. The van der Waals surface area contributed by atoms with E-state index < -0.39 is 0 Å². The molecule has 1 aliphatic heterocycles. The lowest BCUT2D eigenvalue weighted by molar-refractivity contribution is 0.0946. The minimum atomic E-state index is -0.143. The van der Waals surface area contributed by atoms with Crippen molar-refractivity contribution in [3.05, 3.63) is 89.7 Å². The van der Waals surface area contributed by atoms with Crippen LogP contribution in [0.2, 0.25) is 0 Å². The number of carbonyl (C=O) groups excluding carboxylic acids is 1. The molecule has 1 aromatic heterocycles. The zero-order valence-electron chi connectivity index (χ0n) is 16.7. The minimum absolute atomic E-state index is 0.143. The zero-order chi connectivity index (χ0) is 20.1. The molecule has 1 amide bonds. The zero-order valence-corrected chi connectivity index (χ0v) is 16.7. The van der Waals surface area contributed by atoms with E-state index in [1.54, 1.807) is 6.20 Å². The average molecular weight is 386 g/mol. The third-order valence-corrected chi connectivity index (χ3v) is 5.32. The average Bonchev–Trinajstić information content (AvgIpc) is 2.79. The minimum Gasteiger partial charge on any atom is -0.368 e. The first-order valence-corrected chi connectivity index (χ1v) is 10.0. The van der Waals surface area contributed by atoms with Crippen LogP contribution in [-0.4, -0.2) is 37.1 Å². The Kier molecular flexibility index (Phi) is 5.75. The highest BCUT2D eigenvalue weighted by molar-refractivity contribution is 5.93. The monoisotopic (exact) mass is 386 g/mol. The van der Waals surface area contributed by atoms with Gasteiger partial charge in [-0.3, -0.25) is 9.78 Å². The number of benzene rings is 2. The Morgan fingerprint density at radius 3 is 2.24 bits per heavy atom. The standard InChI is InChI=1S/C24H26N4O/c1-19-7-9-20(10-8-19)18-26-24(29)23-17-22(11-12-25-23)28-15-13-27(14-16-28)21-5-3-2-4-6-21/h2-12,17H,13-16,18H2,1H3,(H,26,29). The summed E-state index contributed by atoms with van der Waals surface area (Å²) in [6.45, 7) is 6.31. The van der Waals surface area contributed by atoms with Crippen LogP contribution in [0.25, 0.3) is 0 Å². The summed E-state index contributed by atoms with van der Waals surface area (Å²) < 4.78 is 0. The lowest BCUT2D eigenvalue weighted by atomic mass is 10.1. The smallest absolute Gasteiger partial charge is 0.270 e. The topological polar surface area (TPSA) is 48.5 Å². The van der Waals surface area contributed by atoms with E-state index in [4.69, 9.17) is 0 Å². The van der Waals surface area contributed by atoms with Gasteiger partial charge < -0.3 is 15.1 Å². The molecule has 2 aromatic carbocycles. The van der Waals surface area contributed by atoms with Crippen LogP contribution in [0, 0.1) is 6.92 Å². The first-order chi connectivity index (χ1) is 14.2. The molecule has 1 N–H and O–H groups in total. The number of aryl methyl sites for hydroxylation is 1. The number of para-hydroxylation sites is 1. The largest absolute Gasteiger partial charge is 0.368 e. The third-order valence-electron chi connectivity index (χ3n) is 5.32. The number of carbonyl (C=O) groups is 1. The number of amides is 1. The summed E-state index contributed by atoms with van der Waals surface area (Å²) in [5, 5.41) is 2.97. The van der Waals surface area contributed by atoms with Gasteiger partial charge in [0.15, 0.2) is 0 Å². The van der Waals surface area contributed by atoms with Gasteiger partial charge >= 0.3 is 0 Å². The summed E-state index contributed by atoms with van der Waals surface area (Å²) >= 11 is 0. The van der Waals surface area contributed by atoms with Gasteiger partial charge in [-0.1, -0.05) is 48.0 Å². The third kappa shape index (κ3) is 4.74. The molecule has 1 saturated heterocycles. The van der Waals surface area contributed by atoms with Crippen molar-refractivity contribution in [2.45, 2.75) is 13.5 Å². The van der Waals surface area contributed by atoms with E-state index in [2.05, 4.69) is 63.4 Å². The Hall–Kier alpha value is -3.34. The van der Waals surface area contributed by atoms with Crippen molar-refractivity contribution >= 4 is 17.3 Å². The van der Waals surface area contributed by atoms with Crippen molar-refractivity contribution in [3.63, 3.8) is 0 Å². The molecular weight excluding hydrogens is 360 g/mol. The van der Waals surface area contributed by atoms with Gasteiger partial charge in [0.1, 0.15) is 5.69 Å². The van der Waals surface area contributed by atoms with E-state index in [9.17, 15) is 4.79 Å². The molecule has 3 aromatic rings. The Balaban J connectivity index is 1.36. The van der Waals surface area contributed by atoms with Crippen molar-refractivity contribution in [2.24, 2.45) is 0 Å². The number of nitrogens with one attached hydrogen (secondary N) is 1. The second-order valence-electron chi connectivity index (χ2n) is 7.38. The second kappa shape index (κ2) is 8.78. The molecule has 2 heterocycles. The van der Waals surface area contributed by atoms with Gasteiger partial charge in [0.2, 0.25) is 0 Å². The first-order valence-electron chi connectivity index (χ1n) is 10.0.